The number of likely N-dealkylation sites (N-methyl/N-ethyl adjacent to an activating group) is 6. The molecule has 0 bridgehead atoms. The van der Waals surface area contributed by atoms with E-state index in [9.17, 15) is 39.0 Å². The minimum absolute atomic E-state index is 0.0161. The van der Waals surface area contributed by atoms with Gasteiger partial charge in [0.1, 0.15) is 54.4 Å². The number of hydrogen-bond acceptors (Lipinski definition) is 15. The lowest BCUT2D eigenvalue weighted by molar-refractivity contribution is -0.151. The number of rotatable bonds is 20. The van der Waals surface area contributed by atoms with Crippen LogP contribution in [0, 0.1) is 23.7 Å². The Hall–Kier alpha value is -8.04. The Bertz CT molecular complexity index is 3120. The van der Waals surface area contributed by atoms with Gasteiger partial charge in [-0.15, -0.1) is 0 Å². The van der Waals surface area contributed by atoms with Crippen LogP contribution in [0.2, 0.25) is 0 Å². The molecule has 2 fully saturated rings. The van der Waals surface area contributed by atoms with Gasteiger partial charge in [-0.3, -0.25) is 57.5 Å². The van der Waals surface area contributed by atoms with E-state index >= 15 is 28.8 Å². The summed E-state index contributed by atoms with van der Waals surface area (Å²) in [5.74, 6) is -10.3. The zero-order valence-electron chi connectivity index (χ0n) is 63.9. The van der Waals surface area contributed by atoms with Crippen LogP contribution in [0.15, 0.2) is 60.7 Å². The number of piperidine rings is 1. The molecule has 4 rings (SSSR count). The zero-order chi connectivity index (χ0) is 76.6. The smallest absolute Gasteiger partial charge is 0.248 e. The summed E-state index contributed by atoms with van der Waals surface area (Å²) in [6.45, 7) is 19.1. The van der Waals surface area contributed by atoms with Gasteiger partial charge in [-0.25, -0.2) is 0 Å². The van der Waals surface area contributed by atoms with Crippen LogP contribution in [0.1, 0.15) is 152 Å². The van der Waals surface area contributed by atoms with Crippen molar-refractivity contribution in [2.75, 3.05) is 88.2 Å². The highest BCUT2D eigenvalue weighted by atomic mass is 16.5. The summed E-state index contributed by atoms with van der Waals surface area (Å²) in [7, 11) is 8.30. The first kappa shape index (κ1) is 86.4. The molecule has 6 N–H and O–H groups in total. The molecule has 2 aliphatic heterocycles. The number of likely N-dealkylation sites (tertiary alicyclic amines) is 1. The minimum atomic E-state index is -1.67. The maximum atomic E-state index is 15.4. The number of carbonyl (C=O) groups is 12. The quantitative estimate of drug-likeness (QED) is 0.111. The van der Waals surface area contributed by atoms with Gasteiger partial charge in [0.15, 0.2) is 0 Å². The highest BCUT2D eigenvalue weighted by Gasteiger charge is 2.44. The van der Waals surface area contributed by atoms with Crippen LogP contribution in [0.5, 0.6) is 0 Å². The highest BCUT2D eigenvalue weighted by molar-refractivity contribution is 6.00. The molecule has 0 radical (unpaired) electrons. The number of hydrogen-bond donors (Lipinski definition) is 6. The van der Waals surface area contributed by atoms with Crippen molar-refractivity contribution in [3.05, 3.63) is 71.8 Å². The van der Waals surface area contributed by atoms with E-state index < -0.39 is 169 Å². The average Bonchev–Trinajstić information content (AvgIpc) is 0.813. The van der Waals surface area contributed by atoms with Crippen LogP contribution < -0.4 is 21.3 Å². The summed E-state index contributed by atoms with van der Waals surface area (Å²) in [4.78, 5) is 190. The molecule has 0 aromatic heterocycles. The third-order valence-corrected chi connectivity index (χ3v) is 19.1. The van der Waals surface area contributed by atoms with E-state index in [0.29, 0.717) is 49.9 Å². The Morgan fingerprint density at radius 1 is 0.529 bits per heavy atom. The van der Waals surface area contributed by atoms with Crippen molar-refractivity contribution in [1.29, 1.82) is 0 Å². The van der Waals surface area contributed by atoms with Gasteiger partial charge in [-0.05, 0) is 101 Å². The molecule has 0 spiro atoms. The third-order valence-electron chi connectivity index (χ3n) is 19.1. The van der Waals surface area contributed by atoms with E-state index in [-0.39, 0.29) is 63.0 Å². The number of nitrogens with one attached hydrogen (secondary N) is 4. The van der Waals surface area contributed by atoms with E-state index in [4.69, 9.17) is 4.74 Å². The van der Waals surface area contributed by atoms with Gasteiger partial charge in [0.2, 0.25) is 70.9 Å². The normalized spacial score (nSPS) is 24.5. The summed E-state index contributed by atoms with van der Waals surface area (Å²) in [5.41, 5.74) is -0.129. The fourth-order valence-corrected chi connectivity index (χ4v) is 12.6. The number of benzene rings is 2. The van der Waals surface area contributed by atoms with Crippen molar-refractivity contribution in [3.8, 4) is 0 Å². The molecule has 2 saturated heterocycles. The average molecular weight is 1430 g/mol. The predicted molar refractivity (Wildman–Crippen MR) is 387 cm³/mol. The second-order valence-electron chi connectivity index (χ2n) is 29.9. The SMILES string of the molecule is CCCN1CC(=O)N(C)[C@@H](Cc2ccccc2)C(=O)N(C)[C@@H](CC(C)C)C(=O)N[C@@H](COCC(C)(C)O)C(=O)N(C)[C@@H](CC(C)C)C(=O)N[C@H](C(=O)N2CCCCC2)CC(=O)N(C)CC(=O)N(C)[C@@H](Cc2ccccc2)C(=O)N[C@@H]([C@@H](C)CC)C(=O)N(C)[C@@H](CC(C)C)C(=O)N[C@@H]([C@@H](C)O)C1=O. The number of aliphatic hydroxyl groups excluding tert-OH is 1. The van der Waals surface area contributed by atoms with Gasteiger partial charge < -0.3 is 75.4 Å². The molecule has 11 atom stereocenters. The first-order valence-corrected chi connectivity index (χ1v) is 36.2. The predicted octanol–water partition coefficient (Wildman–Crippen LogP) is 3.01. The maximum Gasteiger partial charge on any atom is 0.248 e. The van der Waals surface area contributed by atoms with Gasteiger partial charge in [0.05, 0.1) is 44.4 Å². The van der Waals surface area contributed by atoms with E-state index in [1.54, 1.807) is 79.4 Å². The molecule has 2 aliphatic rings. The minimum Gasteiger partial charge on any atom is -0.391 e. The summed E-state index contributed by atoms with van der Waals surface area (Å²) in [5, 5.41) is 33.4. The van der Waals surface area contributed by atoms with Crippen molar-refractivity contribution in [1.82, 2.24) is 60.5 Å². The molecule has 0 saturated carbocycles. The molecule has 27 heteroatoms. The van der Waals surface area contributed by atoms with Crippen LogP contribution in [0.25, 0.3) is 0 Å². The Morgan fingerprint density at radius 2 is 0.971 bits per heavy atom. The first-order chi connectivity index (χ1) is 47.8. The molecule has 27 nitrogen and oxygen atoms in total. The number of aliphatic hydroxyl groups is 2. The van der Waals surface area contributed by atoms with Gasteiger partial charge in [0, 0.05) is 74.8 Å². The van der Waals surface area contributed by atoms with Crippen LogP contribution in [-0.4, -0.2) is 275 Å². The fraction of sp³-hybridized carbons (Fsp3) is 0.680. The van der Waals surface area contributed by atoms with Gasteiger partial charge in [-0.2, -0.15) is 0 Å². The number of amides is 12. The zero-order valence-corrected chi connectivity index (χ0v) is 63.9. The molecular formula is C75H120N12O15. The van der Waals surface area contributed by atoms with Crippen molar-refractivity contribution in [2.45, 2.75) is 220 Å². The Labute approximate surface area is 604 Å². The molecule has 0 unspecified atom stereocenters. The van der Waals surface area contributed by atoms with Gasteiger partial charge in [-0.1, -0.05) is 129 Å². The summed E-state index contributed by atoms with van der Waals surface area (Å²) in [6, 6.07) is 5.02. The molecule has 570 valence electrons. The lowest BCUT2D eigenvalue weighted by Gasteiger charge is -2.37. The number of carbonyl (C=O) groups excluding carboxylic acids is 12. The lowest BCUT2D eigenvalue weighted by atomic mass is 9.94. The molecule has 2 heterocycles. The summed E-state index contributed by atoms with van der Waals surface area (Å²) >= 11 is 0. The second-order valence-corrected chi connectivity index (χ2v) is 29.9. The first-order valence-electron chi connectivity index (χ1n) is 36.2. The molecule has 0 aliphatic carbocycles. The monoisotopic (exact) mass is 1430 g/mol. The van der Waals surface area contributed by atoms with E-state index in [2.05, 4.69) is 21.3 Å². The van der Waals surface area contributed by atoms with Crippen LogP contribution in [0.3, 0.4) is 0 Å². The topological polar surface area (TPSA) is 329 Å². The highest BCUT2D eigenvalue weighted by Crippen LogP contribution is 2.23. The number of nitrogens with zero attached hydrogens (tertiary/aromatic N) is 8. The van der Waals surface area contributed by atoms with E-state index in [1.807, 2.05) is 48.5 Å². The largest absolute Gasteiger partial charge is 0.391 e. The molecule has 12 amide bonds. The summed E-state index contributed by atoms with van der Waals surface area (Å²) in [6.07, 6.45) is 0.618. The molecule has 2 aromatic rings. The summed E-state index contributed by atoms with van der Waals surface area (Å²) < 4.78 is 5.93. The van der Waals surface area contributed by atoms with Crippen molar-refractivity contribution in [3.63, 3.8) is 0 Å². The number of ether oxygens (including phenoxy) is 1. The van der Waals surface area contributed by atoms with Crippen molar-refractivity contribution < 1.29 is 72.5 Å². The van der Waals surface area contributed by atoms with Crippen molar-refractivity contribution >= 4 is 70.9 Å². The van der Waals surface area contributed by atoms with E-state index in [1.165, 1.54) is 87.6 Å². The van der Waals surface area contributed by atoms with Gasteiger partial charge in [0.25, 0.3) is 0 Å². The van der Waals surface area contributed by atoms with Crippen LogP contribution in [-0.2, 0) is 75.1 Å². The molecule has 2 aromatic carbocycles. The Kier molecular flexibility index (Phi) is 34.5. The van der Waals surface area contributed by atoms with Crippen LogP contribution in [0.4, 0.5) is 0 Å². The van der Waals surface area contributed by atoms with Crippen LogP contribution >= 0.6 is 0 Å². The standard InChI is InChI=1S/C75H120N12O15/c1-19-34-87-44-63(91)82(15)60(41-53-32-26-22-27-33-53)72(98)84(17)57(38-48(5)6)67(93)77-55(45-102-46-75(11,12)101)70(96)83(16)56(37-47(3)4)66(92)76-54(71(97)86-35-28-23-29-36-86)42-61(89)80(13)43-62(90)81(14)59(40-52-30-24-21-25-31-52)69(95)78-64(50(9)20-2)73(99)85(18)58(39-49(7)8)68(94)79-65(51(10)88)74(87)100/h21-22,24-27,30-33,47-51,54-60,64-65,88,101H,19-20,23,28-29,34-46H2,1-18H3,(H,76,92)(H,77,93)(H,78,95)(H,79,94)/t50-,51+,54-,55-,56-,57-,58-,59-,60-,64-,65-/m0/s1. The lowest BCUT2D eigenvalue weighted by Crippen LogP contribution is -2.62. The maximum absolute atomic E-state index is 15.4. The van der Waals surface area contributed by atoms with Gasteiger partial charge >= 0.3 is 0 Å². The third kappa shape index (κ3) is 25.7. The molecular weight excluding hydrogens is 1310 g/mol. The van der Waals surface area contributed by atoms with E-state index in [0.717, 1.165) is 16.2 Å². The Morgan fingerprint density at radius 3 is 1.45 bits per heavy atom. The Balaban J connectivity index is 1.99. The molecule has 102 heavy (non-hydrogen) atoms. The second kappa shape index (κ2) is 40.7. The fourth-order valence-electron chi connectivity index (χ4n) is 12.6. The van der Waals surface area contributed by atoms with Crippen molar-refractivity contribution in [2.24, 2.45) is 23.7 Å².